The Balaban J connectivity index is 1.88. The monoisotopic (exact) mass is 212 g/mol. The summed E-state index contributed by atoms with van der Waals surface area (Å²) in [5.41, 5.74) is 1.16. The maximum absolute atomic E-state index is 8.80. The van der Waals surface area contributed by atoms with Gasteiger partial charge >= 0.3 is 0 Å². The van der Waals surface area contributed by atoms with Crippen molar-refractivity contribution in [2.24, 2.45) is 10.9 Å². The molecule has 0 saturated heterocycles. The number of nitriles is 1. The summed E-state index contributed by atoms with van der Waals surface area (Å²) in [6.45, 7) is 0. The van der Waals surface area contributed by atoms with Crippen LogP contribution in [0.3, 0.4) is 0 Å². The lowest BCUT2D eigenvalue weighted by atomic mass is 9.87. The smallest absolute Gasteiger partial charge is 0.0655 e. The summed E-state index contributed by atoms with van der Waals surface area (Å²) in [7, 11) is 0. The maximum atomic E-state index is 8.80. The van der Waals surface area contributed by atoms with Crippen LogP contribution in [0, 0.1) is 17.2 Å². The first kappa shape index (κ1) is 10.9. The van der Waals surface area contributed by atoms with Crippen LogP contribution in [-0.2, 0) is 0 Å². The second kappa shape index (κ2) is 5.46. The van der Waals surface area contributed by atoms with Crippen LogP contribution in [0.4, 0.5) is 0 Å². The SMILES string of the molecule is N#CC1CCC(N=Cc2ccccc2)CC1. The number of rotatable bonds is 2. The molecule has 0 spiro atoms. The second-order valence-electron chi connectivity index (χ2n) is 4.32. The summed E-state index contributed by atoms with van der Waals surface area (Å²) in [6.07, 6.45) is 6.08. The lowest BCUT2D eigenvalue weighted by molar-refractivity contribution is 0.384. The summed E-state index contributed by atoms with van der Waals surface area (Å²) in [4.78, 5) is 4.59. The van der Waals surface area contributed by atoms with Crippen molar-refractivity contribution in [2.75, 3.05) is 0 Å². The molecular weight excluding hydrogens is 196 g/mol. The second-order valence-corrected chi connectivity index (χ2v) is 4.32. The first-order chi connectivity index (χ1) is 7.88. The molecule has 1 aromatic carbocycles. The minimum absolute atomic E-state index is 0.267. The van der Waals surface area contributed by atoms with Gasteiger partial charge in [-0.3, -0.25) is 4.99 Å². The van der Waals surface area contributed by atoms with Crippen LogP contribution in [-0.4, -0.2) is 12.3 Å². The number of hydrogen-bond donors (Lipinski definition) is 0. The van der Waals surface area contributed by atoms with Gasteiger partial charge in [-0.1, -0.05) is 30.3 Å². The van der Waals surface area contributed by atoms with Gasteiger partial charge in [0.05, 0.1) is 12.1 Å². The van der Waals surface area contributed by atoms with Crippen LogP contribution in [0.2, 0.25) is 0 Å². The molecule has 1 saturated carbocycles. The van der Waals surface area contributed by atoms with Crippen LogP contribution in [0.25, 0.3) is 0 Å². The Bertz CT molecular complexity index is 381. The lowest BCUT2D eigenvalue weighted by Crippen LogP contribution is -2.16. The minimum atomic E-state index is 0.267. The van der Waals surface area contributed by atoms with E-state index in [9.17, 15) is 0 Å². The van der Waals surface area contributed by atoms with Gasteiger partial charge in [0.15, 0.2) is 0 Å². The molecule has 82 valence electrons. The van der Waals surface area contributed by atoms with Gasteiger partial charge in [-0.15, -0.1) is 0 Å². The summed E-state index contributed by atoms with van der Waals surface area (Å²) in [5.74, 6) is 0.267. The van der Waals surface area contributed by atoms with E-state index in [2.05, 4.69) is 23.2 Å². The summed E-state index contributed by atoms with van der Waals surface area (Å²) < 4.78 is 0. The van der Waals surface area contributed by atoms with Crippen molar-refractivity contribution in [1.82, 2.24) is 0 Å². The normalized spacial score (nSPS) is 25.4. The number of benzene rings is 1. The van der Waals surface area contributed by atoms with E-state index in [0.717, 1.165) is 31.2 Å². The highest BCUT2D eigenvalue weighted by Gasteiger charge is 2.19. The molecular formula is C14H16N2. The summed E-state index contributed by atoms with van der Waals surface area (Å²) >= 11 is 0. The van der Waals surface area contributed by atoms with Crippen molar-refractivity contribution in [3.8, 4) is 6.07 Å². The predicted octanol–water partition coefficient (Wildman–Crippen LogP) is 3.19. The maximum Gasteiger partial charge on any atom is 0.0655 e. The van der Waals surface area contributed by atoms with E-state index in [-0.39, 0.29) is 5.92 Å². The fourth-order valence-electron chi connectivity index (χ4n) is 2.08. The largest absolute Gasteiger partial charge is 0.289 e. The Morgan fingerprint density at radius 3 is 2.44 bits per heavy atom. The molecule has 0 radical (unpaired) electrons. The van der Waals surface area contributed by atoms with Gasteiger partial charge < -0.3 is 0 Å². The van der Waals surface area contributed by atoms with Gasteiger partial charge in [0.25, 0.3) is 0 Å². The summed E-state index contributed by atoms with van der Waals surface area (Å²) in [5, 5.41) is 8.80. The van der Waals surface area contributed by atoms with Crippen LogP contribution in [0.1, 0.15) is 31.2 Å². The highest BCUT2D eigenvalue weighted by molar-refractivity contribution is 5.79. The van der Waals surface area contributed by atoms with Crippen molar-refractivity contribution >= 4 is 6.21 Å². The van der Waals surface area contributed by atoms with Crippen LogP contribution in [0.5, 0.6) is 0 Å². The molecule has 2 nitrogen and oxygen atoms in total. The number of aliphatic imine (C=N–C) groups is 1. The third-order valence-electron chi connectivity index (χ3n) is 3.11. The van der Waals surface area contributed by atoms with Gasteiger partial charge in [-0.25, -0.2) is 0 Å². The first-order valence-electron chi connectivity index (χ1n) is 5.86. The van der Waals surface area contributed by atoms with E-state index in [1.807, 2.05) is 24.4 Å². The molecule has 0 N–H and O–H groups in total. The van der Waals surface area contributed by atoms with Crippen LogP contribution in [0.15, 0.2) is 35.3 Å². The van der Waals surface area contributed by atoms with E-state index in [1.54, 1.807) is 0 Å². The zero-order valence-electron chi connectivity index (χ0n) is 9.34. The number of nitrogens with zero attached hydrogens (tertiary/aromatic N) is 2. The average molecular weight is 212 g/mol. The Morgan fingerprint density at radius 1 is 1.12 bits per heavy atom. The molecule has 1 aromatic rings. The zero-order chi connectivity index (χ0) is 11.2. The third-order valence-corrected chi connectivity index (χ3v) is 3.11. The van der Waals surface area contributed by atoms with Gasteiger partial charge in [0.2, 0.25) is 0 Å². The van der Waals surface area contributed by atoms with Gasteiger partial charge in [-0.05, 0) is 31.2 Å². The van der Waals surface area contributed by atoms with Crippen LogP contribution >= 0.6 is 0 Å². The molecule has 0 aromatic heterocycles. The Labute approximate surface area is 96.6 Å². The standard InChI is InChI=1S/C14H16N2/c15-10-12-6-8-14(9-7-12)16-11-13-4-2-1-3-5-13/h1-5,11-12,14H,6-9H2. The van der Waals surface area contributed by atoms with Crippen molar-refractivity contribution in [3.63, 3.8) is 0 Å². The molecule has 1 aliphatic rings. The molecule has 0 amide bonds. The number of hydrogen-bond acceptors (Lipinski definition) is 2. The highest BCUT2D eigenvalue weighted by atomic mass is 14.8. The van der Waals surface area contributed by atoms with Crippen molar-refractivity contribution in [3.05, 3.63) is 35.9 Å². The molecule has 0 bridgehead atoms. The Morgan fingerprint density at radius 2 is 1.81 bits per heavy atom. The highest BCUT2D eigenvalue weighted by Crippen LogP contribution is 2.25. The van der Waals surface area contributed by atoms with Gasteiger partial charge in [0, 0.05) is 12.1 Å². The fourth-order valence-corrected chi connectivity index (χ4v) is 2.08. The molecule has 1 fully saturated rings. The lowest BCUT2D eigenvalue weighted by Gasteiger charge is -2.21. The zero-order valence-corrected chi connectivity index (χ0v) is 9.34. The molecule has 2 heteroatoms. The third kappa shape index (κ3) is 2.93. The Hall–Kier alpha value is -1.62. The minimum Gasteiger partial charge on any atom is -0.289 e. The van der Waals surface area contributed by atoms with E-state index in [0.29, 0.717) is 6.04 Å². The molecule has 16 heavy (non-hydrogen) atoms. The molecule has 0 aliphatic heterocycles. The van der Waals surface area contributed by atoms with Crippen molar-refractivity contribution in [1.29, 1.82) is 5.26 Å². The molecule has 2 rings (SSSR count). The molecule has 0 heterocycles. The molecule has 0 atom stereocenters. The first-order valence-corrected chi connectivity index (χ1v) is 5.86. The van der Waals surface area contributed by atoms with Crippen molar-refractivity contribution in [2.45, 2.75) is 31.7 Å². The summed E-state index contributed by atoms with van der Waals surface area (Å²) in [6, 6.07) is 12.9. The topological polar surface area (TPSA) is 36.1 Å². The van der Waals surface area contributed by atoms with Gasteiger partial charge in [-0.2, -0.15) is 5.26 Å². The van der Waals surface area contributed by atoms with Gasteiger partial charge in [0.1, 0.15) is 0 Å². The van der Waals surface area contributed by atoms with E-state index in [4.69, 9.17) is 5.26 Å². The van der Waals surface area contributed by atoms with Crippen molar-refractivity contribution < 1.29 is 0 Å². The predicted molar refractivity (Wildman–Crippen MR) is 65.4 cm³/mol. The van der Waals surface area contributed by atoms with E-state index < -0.39 is 0 Å². The molecule has 0 unspecified atom stereocenters. The molecule has 1 aliphatic carbocycles. The fraction of sp³-hybridized carbons (Fsp3) is 0.429. The average Bonchev–Trinajstić information content (AvgIpc) is 2.38. The van der Waals surface area contributed by atoms with E-state index >= 15 is 0 Å². The Kier molecular flexibility index (Phi) is 3.71. The quantitative estimate of drug-likeness (QED) is 0.693. The van der Waals surface area contributed by atoms with Crippen LogP contribution < -0.4 is 0 Å². The van der Waals surface area contributed by atoms with E-state index in [1.165, 1.54) is 0 Å².